The number of nitrogens with zero attached hydrogens (tertiary/aromatic N) is 8. The molecule has 8 nitrogen and oxygen atoms in total. The number of para-hydroxylation sites is 2. The van der Waals surface area contributed by atoms with Crippen LogP contribution in [-0.2, 0) is 0 Å². The summed E-state index contributed by atoms with van der Waals surface area (Å²) in [5.74, 6) is 3.55. The summed E-state index contributed by atoms with van der Waals surface area (Å²) < 4.78 is 4.87. The van der Waals surface area contributed by atoms with Crippen LogP contribution in [0.4, 0.5) is 0 Å². The van der Waals surface area contributed by atoms with Crippen LogP contribution in [0.1, 0.15) is 22.3 Å². The minimum Gasteiger partial charge on any atom is -0.309 e. The molecule has 454 valence electrons. The van der Waals surface area contributed by atoms with Crippen molar-refractivity contribution in [1.82, 2.24) is 39.0 Å². The van der Waals surface area contributed by atoms with Gasteiger partial charge >= 0.3 is 0 Å². The molecule has 0 aliphatic rings. The van der Waals surface area contributed by atoms with Gasteiger partial charge in [0.2, 0.25) is 0 Å². The van der Waals surface area contributed by atoms with E-state index >= 15 is 0 Å². The van der Waals surface area contributed by atoms with Crippen molar-refractivity contribution < 1.29 is 0 Å². The van der Waals surface area contributed by atoms with Gasteiger partial charge in [0.15, 0.2) is 34.9 Å². The van der Waals surface area contributed by atoms with Gasteiger partial charge in [0.1, 0.15) is 0 Å². The fourth-order valence-corrected chi connectivity index (χ4v) is 14.0. The first kappa shape index (κ1) is 57.4. The van der Waals surface area contributed by atoms with Crippen LogP contribution in [0.3, 0.4) is 0 Å². The second-order valence-corrected chi connectivity index (χ2v) is 25.0. The SMILES string of the molecule is Cc1cc(C)cc(-c2ccc3c(c2)c2ccccc2n3-c2cc(-c3nc(-c4ccccc4)nc(-c4ccccc4)n3)ccc2-c2cccc(-c3ccc(-c4nc(-c5ccccc5)nc(-c5ccccc5)n4)cc3-n3c4ccccc4c4cc(-c5cc(C)cc(C)c5)ccc43)c2)c1. The van der Waals surface area contributed by atoms with Gasteiger partial charge in [0, 0.05) is 66.1 Å². The van der Waals surface area contributed by atoms with Crippen LogP contribution in [0, 0.1) is 27.7 Å². The van der Waals surface area contributed by atoms with Gasteiger partial charge in [-0.25, -0.2) is 29.9 Å². The molecule has 0 radical (unpaired) electrons. The minimum absolute atomic E-state index is 0.573. The first-order chi connectivity index (χ1) is 47.2. The maximum absolute atomic E-state index is 5.29. The number of hydrogen-bond donors (Lipinski definition) is 0. The zero-order valence-electron chi connectivity index (χ0n) is 53.4. The third-order valence-corrected chi connectivity index (χ3v) is 18.3. The molecule has 4 heterocycles. The number of aromatic nitrogens is 8. The van der Waals surface area contributed by atoms with Crippen molar-refractivity contribution >= 4 is 43.6 Å². The maximum Gasteiger partial charge on any atom is 0.164 e. The Labute approximate surface area is 556 Å². The molecule has 0 unspecified atom stereocenters. The quantitative estimate of drug-likeness (QED) is 0.121. The molecule has 0 saturated heterocycles. The van der Waals surface area contributed by atoms with Gasteiger partial charge in [-0.3, -0.25) is 0 Å². The molecule has 0 saturated carbocycles. The Kier molecular flexibility index (Phi) is 14.3. The molecule has 13 aromatic carbocycles. The highest BCUT2D eigenvalue weighted by Gasteiger charge is 2.24. The molecular formula is C88H62N8. The van der Waals surface area contributed by atoms with Crippen molar-refractivity contribution in [2.75, 3.05) is 0 Å². The number of fused-ring (bicyclic) bond motifs is 6. The second-order valence-electron chi connectivity index (χ2n) is 25.0. The van der Waals surface area contributed by atoms with Crippen molar-refractivity contribution in [3.8, 4) is 124 Å². The fourth-order valence-electron chi connectivity index (χ4n) is 14.0. The van der Waals surface area contributed by atoms with E-state index in [-0.39, 0.29) is 0 Å². The van der Waals surface area contributed by atoms with Gasteiger partial charge in [-0.1, -0.05) is 271 Å². The van der Waals surface area contributed by atoms with Gasteiger partial charge < -0.3 is 9.13 Å². The smallest absolute Gasteiger partial charge is 0.164 e. The van der Waals surface area contributed by atoms with E-state index in [9.17, 15) is 0 Å². The lowest BCUT2D eigenvalue weighted by atomic mass is 9.95. The highest BCUT2D eigenvalue weighted by atomic mass is 15.1. The van der Waals surface area contributed by atoms with Crippen molar-refractivity contribution in [1.29, 1.82) is 0 Å². The van der Waals surface area contributed by atoms with E-state index in [2.05, 4.69) is 267 Å². The zero-order chi connectivity index (χ0) is 64.4. The fraction of sp³-hybridized carbons (Fsp3) is 0.0455. The third kappa shape index (κ3) is 10.6. The lowest BCUT2D eigenvalue weighted by Crippen LogP contribution is -2.03. The van der Waals surface area contributed by atoms with Crippen LogP contribution in [0.2, 0.25) is 0 Å². The highest BCUT2D eigenvalue weighted by molar-refractivity contribution is 6.12. The zero-order valence-corrected chi connectivity index (χ0v) is 53.4. The molecule has 0 aliphatic heterocycles. The van der Waals surface area contributed by atoms with Crippen LogP contribution >= 0.6 is 0 Å². The Hall–Kier alpha value is -12.5. The molecular weight excluding hydrogens is 1170 g/mol. The van der Waals surface area contributed by atoms with E-state index in [0.717, 1.165) is 111 Å². The van der Waals surface area contributed by atoms with Crippen LogP contribution < -0.4 is 0 Å². The average molecular weight is 1230 g/mol. The molecule has 0 aliphatic carbocycles. The topological polar surface area (TPSA) is 87.2 Å². The Morgan fingerprint density at radius 1 is 0.188 bits per heavy atom. The molecule has 0 N–H and O–H groups in total. The summed E-state index contributed by atoms with van der Waals surface area (Å²) in [5.41, 5.74) is 25.4. The van der Waals surface area contributed by atoms with Gasteiger partial charge in [-0.2, -0.15) is 0 Å². The van der Waals surface area contributed by atoms with E-state index < -0.39 is 0 Å². The van der Waals surface area contributed by atoms with Crippen molar-refractivity contribution in [2.24, 2.45) is 0 Å². The predicted octanol–water partition coefficient (Wildman–Crippen LogP) is 22.2. The minimum atomic E-state index is 0.573. The molecule has 17 aromatic rings. The van der Waals surface area contributed by atoms with Gasteiger partial charge in [0.05, 0.1) is 33.4 Å². The van der Waals surface area contributed by atoms with Crippen LogP contribution in [0.5, 0.6) is 0 Å². The van der Waals surface area contributed by atoms with Crippen LogP contribution in [0.25, 0.3) is 168 Å². The Morgan fingerprint density at radius 3 is 0.833 bits per heavy atom. The predicted molar refractivity (Wildman–Crippen MR) is 395 cm³/mol. The lowest BCUT2D eigenvalue weighted by Gasteiger charge is -2.19. The lowest BCUT2D eigenvalue weighted by molar-refractivity contribution is 1.07. The number of rotatable bonds is 12. The largest absolute Gasteiger partial charge is 0.309 e. The number of hydrogen-bond acceptors (Lipinski definition) is 6. The van der Waals surface area contributed by atoms with Gasteiger partial charge in [0.25, 0.3) is 0 Å². The normalized spacial score (nSPS) is 11.5. The average Bonchev–Trinajstić information content (AvgIpc) is 1.57. The summed E-state index contributed by atoms with van der Waals surface area (Å²) in [5, 5.41) is 4.63. The van der Waals surface area contributed by atoms with E-state index in [0.29, 0.717) is 34.9 Å². The summed E-state index contributed by atoms with van der Waals surface area (Å²) in [7, 11) is 0. The van der Waals surface area contributed by atoms with E-state index in [1.54, 1.807) is 0 Å². The molecule has 96 heavy (non-hydrogen) atoms. The van der Waals surface area contributed by atoms with E-state index in [1.807, 2.05) is 72.8 Å². The molecule has 0 amide bonds. The van der Waals surface area contributed by atoms with E-state index in [4.69, 9.17) is 29.9 Å². The van der Waals surface area contributed by atoms with Gasteiger partial charge in [-0.15, -0.1) is 0 Å². The molecule has 0 bridgehead atoms. The van der Waals surface area contributed by atoms with Crippen molar-refractivity contribution in [2.45, 2.75) is 27.7 Å². The van der Waals surface area contributed by atoms with E-state index in [1.165, 1.54) is 44.5 Å². The highest BCUT2D eigenvalue weighted by Crippen LogP contribution is 2.44. The maximum atomic E-state index is 5.29. The summed E-state index contributed by atoms with van der Waals surface area (Å²) in [6.07, 6.45) is 0. The third-order valence-electron chi connectivity index (χ3n) is 18.3. The van der Waals surface area contributed by atoms with Gasteiger partial charge in [-0.05, 0) is 116 Å². The van der Waals surface area contributed by atoms with Crippen LogP contribution in [-0.4, -0.2) is 39.0 Å². The Balaban J connectivity index is 0.900. The summed E-state index contributed by atoms with van der Waals surface area (Å²) in [6.45, 7) is 8.69. The summed E-state index contributed by atoms with van der Waals surface area (Å²) >= 11 is 0. The molecule has 0 fully saturated rings. The van der Waals surface area contributed by atoms with Crippen molar-refractivity contribution in [3.63, 3.8) is 0 Å². The Morgan fingerprint density at radius 2 is 0.479 bits per heavy atom. The molecule has 0 atom stereocenters. The summed E-state index contributed by atoms with van der Waals surface area (Å²) in [6, 6.07) is 108. The number of benzene rings is 13. The molecule has 8 heteroatoms. The molecule has 0 spiro atoms. The first-order valence-corrected chi connectivity index (χ1v) is 32.6. The first-order valence-electron chi connectivity index (χ1n) is 32.6. The summed E-state index contributed by atoms with van der Waals surface area (Å²) in [4.78, 5) is 31.4. The second kappa shape index (κ2) is 23.9. The number of aryl methyl sites for hydroxylation is 4. The Bertz CT molecular complexity index is 5360. The van der Waals surface area contributed by atoms with Crippen LogP contribution in [0.15, 0.2) is 303 Å². The molecule has 4 aromatic heterocycles. The standard InChI is InChI=1S/C88H62N8/c1-55-44-56(2)47-69(46-55)63-38-42-79-75(51-63)73-32-17-19-34-77(73)95(79)81-53-67(87-91-83(59-22-9-5-10-23-59)89-84(92-87)60-24-11-6-12-25-60)36-40-71(81)65-30-21-31-66(50-65)72-41-37-68(88-93-85(61-26-13-7-14-27-61)90-86(94-88)62-28-15-8-16-29-62)54-82(72)96-78-35-20-18-33-74(78)76-52-64(39-43-80(76)96)70-48-57(3)45-58(4)49-70/h5-54H,1-4H3. The monoisotopic (exact) mass is 1230 g/mol. The molecule has 17 rings (SSSR count). The van der Waals surface area contributed by atoms with Crippen molar-refractivity contribution in [3.05, 3.63) is 326 Å².